The molecule has 188 valence electrons. The molecule has 0 aliphatic carbocycles. The Labute approximate surface area is 208 Å². The topological polar surface area (TPSA) is 13.0 Å². The number of nitrogens with zero attached hydrogens (tertiary/aromatic N) is 4. The van der Waals surface area contributed by atoms with E-state index in [-0.39, 0.29) is 0 Å². The highest BCUT2D eigenvalue weighted by Gasteiger charge is 2.50. The fourth-order valence-corrected chi connectivity index (χ4v) is 10.9. The van der Waals surface area contributed by atoms with Crippen molar-refractivity contribution >= 4 is 0 Å². The van der Waals surface area contributed by atoms with Gasteiger partial charge in [-0.3, -0.25) is 14.7 Å². The van der Waals surface area contributed by atoms with Gasteiger partial charge in [-0.2, -0.15) is 0 Å². The second kappa shape index (κ2) is 8.48. The number of piperidine rings is 7. The fourth-order valence-electron chi connectivity index (χ4n) is 10.9. The molecule has 7 fully saturated rings. The van der Waals surface area contributed by atoms with Gasteiger partial charge >= 0.3 is 0 Å². The monoisotopic (exact) mass is 464 g/mol. The molecule has 0 amide bonds. The van der Waals surface area contributed by atoms with Crippen LogP contribution in [-0.2, 0) is 0 Å². The van der Waals surface area contributed by atoms with Crippen LogP contribution in [-0.4, -0.2) is 89.1 Å². The van der Waals surface area contributed by atoms with E-state index in [1.807, 2.05) is 5.57 Å². The van der Waals surface area contributed by atoms with Crippen LogP contribution in [0.1, 0.15) is 83.5 Å². The highest BCUT2D eigenvalue weighted by atomic mass is 15.3. The summed E-state index contributed by atoms with van der Waals surface area (Å²) in [6, 6.07) is 4.32. The summed E-state index contributed by atoms with van der Waals surface area (Å²) in [5, 5.41) is 0. The van der Waals surface area contributed by atoms with Crippen LogP contribution in [0.4, 0.5) is 0 Å². The predicted molar refractivity (Wildman–Crippen MR) is 138 cm³/mol. The first-order chi connectivity index (χ1) is 16.8. The molecule has 0 N–H and O–H groups in total. The predicted octanol–water partition coefficient (Wildman–Crippen LogP) is 4.57. The molecule has 8 heterocycles. The normalized spacial score (nSPS) is 49.4. The van der Waals surface area contributed by atoms with Crippen LogP contribution in [0.15, 0.2) is 11.8 Å². The van der Waals surface area contributed by atoms with E-state index in [4.69, 9.17) is 0 Å². The number of hydrogen-bond acceptors (Lipinski definition) is 4. The Morgan fingerprint density at radius 3 is 1.97 bits per heavy atom. The highest BCUT2D eigenvalue weighted by Crippen LogP contribution is 2.48. The molecule has 0 aromatic heterocycles. The van der Waals surface area contributed by atoms with Gasteiger partial charge in [0.2, 0.25) is 0 Å². The maximum Gasteiger partial charge on any atom is 0.0328 e. The summed E-state index contributed by atoms with van der Waals surface area (Å²) < 4.78 is 0. The molecule has 7 saturated heterocycles. The van der Waals surface area contributed by atoms with E-state index < -0.39 is 0 Å². The lowest BCUT2D eigenvalue weighted by Gasteiger charge is -2.60. The summed E-state index contributed by atoms with van der Waals surface area (Å²) in [6.07, 6.45) is 21.9. The molecular formula is C30H48N4. The Balaban J connectivity index is 1.03. The average Bonchev–Trinajstić information content (AvgIpc) is 2.88. The third-order valence-electron chi connectivity index (χ3n) is 12.3. The first-order valence-electron chi connectivity index (χ1n) is 15.5. The lowest BCUT2D eigenvalue weighted by molar-refractivity contribution is -0.0867. The summed E-state index contributed by atoms with van der Waals surface area (Å²) in [6.45, 7) is 8.40. The van der Waals surface area contributed by atoms with Gasteiger partial charge < -0.3 is 4.90 Å². The van der Waals surface area contributed by atoms with Crippen molar-refractivity contribution in [3.05, 3.63) is 11.8 Å². The molecule has 4 nitrogen and oxygen atoms in total. The molecule has 8 aliphatic heterocycles. The van der Waals surface area contributed by atoms with Gasteiger partial charge in [0.25, 0.3) is 0 Å². The quantitative estimate of drug-likeness (QED) is 0.564. The molecule has 8 aliphatic rings. The van der Waals surface area contributed by atoms with E-state index in [1.54, 1.807) is 6.42 Å². The first-order valence-corrected chi connectivity index (χ1v) is 15.5. The molecule has 5 unspecified atom stereocenters. The molecule has 0 radical (unpaired) electrons. The fraction of sp³-hybridized carbons (Fsp3) is 0.933. The minimum absolute atomic E-state index is 0.771. The molecule has 8 rings (SSSR count). The number of rotatable bonds is 1. The molecule has 0 saturated carbocycles. The van der Waals surface area contributed by atoms with Crippen molar-refractivity contribution < 1.29 is 0 Å². The molecule has 4 heteroatoms. The van der Waals surface area contributed by atoms with Crippen molar-refractivity contribution in [2.24, 2.45) is 23.7 Å². The van der Waals surface area contributed by atoms with E-state index in [2.05, 4.69) is 25.8 Å². The van der Waals surface area contributed by atoms with Crippen molar-refractivity contribution in [3.8, 4) is 0 Å². The third-order valence-corrected chi connectivity index (χ3v) is 12.3. The Kier molecular flexibility index (Phi) is 5.36. The molecule has 0 spiro atoms. The summed E-state index contributed by atoms with van der Waals surface area (Å²) in [5.41, 5.74) is 1.85. The van der Waals surface area contributed by atoms with E-state index in [1.165, 1.54) is 116 Å². The van der Waals surface area contributed by atoms with Crippen LogP contribution < -0.4 is 0 Å². The van der Waals surface area contributed by atoms with E-state index >= 15 is 0 Å². The maximum absolute atomic E-state index is 3.11. The van der Waals surface area contributed by atoms with Gasteiger partial charge in [0, 0.05) is 62.6 Å². The summed E-state index contributed by atoms with van der Waals surface area (Å²) >= 11 is 0. The van der Waals surface area contributed by atoms with Gasteiger partial charge in [-0.05, 0) is 113 Å². The van der Waals surface area contributed by atoms with Crippen molar-refractivity contribution in [3.63, 3.8) is 0 Å². The second-order valence-corrected chi connectivity index (χ2v) is 13.8. The van der Waals surface area contributed by atoms with Crippen LogP contribution in [0.25, 0.3) is 0 Å². The summed E-state index contributed by atoms with van der Waals surface area (Å²) in [4.78, 5) is 11.9. The van der Waals surface area contributed by atoms with Crippen molar-refractivity contribution in [2.45, 2.75) is 114 Å². The van der Waals surface area contributed by atoms with Crippen LogP contribution in [0, 0.1) is 23.7 Å². The zero-order valence-electron chi connectivity index (χ0n) is 21.5. The Hall–Kier alpha value is -0.580. The van der Waals surface area contributed by atoms with Crippen molar-refractivity contribution in [1.29, 1.82) is 0 Å². The summed E-state index contributed by atoms with van der Waals surface area (Å²) in [7, 11) is 0. The summed E-state index contributed by atoms with van der Waals surface area (Å²) in [5.74, 6) is 3.80. The van der Waals surface area contributed by atoms with E-state index in [9.17, 15) is 0 Å². The number of fused-ring (bicyclic) bond motifs is 12. The standard InChI is InChI=1S/C30H48N4/c1-3-12-31-17-22-14-23(26(31)6-1)19-33-16-21(10-11-28(22)33)29-8-5-9-30-24-15-25(20-34(29)30)27-7-2-4-13-32(27)18-24/h16,22-30H,1-15,17-20H2/t22-,23+,24+,25-,26?,27?,28?,29?,30?/m0/s1. The molecule has 34 heavy (non-hydrogen) atoms. The molecule has 9 atom stereocenters. The smallest absolute Gasteiger partial charge is 0.0328 e. The molecule has 0 aromatic rings. The Morgan fingerprint density at radius 2 is 1.21 bits per heavy atom. The largest absolute Gasteiger partial charge is 0.374 e. The molecular weight excluding hydrogens is 416 g/mol. The second-order valence-electron chi connectivity index (χ2n) is 13.8. The van der Waals surface area contributed by atoms with Gasteiger partial charge in [-0.25, -0.2) is 0 Å². The Morgan fingerprint density at radius 1 is 0.559 bits per heavy atom. The van der Waals surface area contributed by atoms with Gasteiger partial charge in [0.1, 0.15) is 0 Å². The third kappa shape index (κ3) is 3.40. The molecule has 4 bridgehead atoms. The lowest BCUT2D eigenvalue weighted by Crippen LogP contribution is -2.65. The lowest BCUT2D eigenvalue weighted by atomic mass is 9.68. The van der Waals surface area contributed by atoms with Crippen LogP contribution in [0.2, 0.25) is 0 Å². The van der Waals surface area contributed by atoms with Crippen molar-refractivity contribution in [2.75, 3.05) is 39.3 Å². The van der Waals surface area contributed by atoms with Crippen molar-refractivity contribution in [1.82, 2.24) is 19.6 Å². The first kappa shape index (κ1) is 21.5. The van der Waals surface area contributed by atoms with Gasteiger partial charge in [-0.15, -0.1) is 0 Å². The maximum atomic E-state index is 3.11. The van der Waals surface area contributed by atoms with Crippen LogP contribution in [0.3, 0.4) is 0 Å². The number of hydrogen-bond donors (Lipinski definition) is 0. The zero-order valence-corrected chi connectivity index (χ0v) is 21.5. The minimum atomic E-state index is 0.771. The average molecular weight is 465 g/mol. The minimum Gasteiger partial charge on any atom is -0.374 e. The van der Waals surface area contributed by atoms with Gasteiger partial charge in [0.15, 0.2) is 0 Å². The van der Waals surface area contributed by atoms with Gasteiger partial charge in [0.05, 0.1) is 0 Å². The molecule has 0 aromatic carbocycles. The Bertz CT molecular complexity index is 810. The van der Waals surface area contributed by atoms with E-state index in [0.29, 0.717) is 0 Å². The highest BCUT2D eigenvalue weighted by molar-refractivity contribution is 5.20. The zero-order chi connectivity index (χ0) is 22.2. The SMILES string of the molecule is C1=C(C2CCCC3[C@@H]4C[C@@H](CN23)C2CCCCN2C4)CCC2[C@H]3C[C@H](CN12)C1CCCCN1C3. The van der Waals surface area contributed by atoms with E-state index in [0.717, 1.165) is 53.9 Å². The van der Waals surface area contributed by atoms with Crippen LogP contribution >= 0.6 is 0 Å². The van der Waals surface area contributed by atoms with Gasteiger partial charge in [-0.1, -0.05) is 12.8 Å². The van der Waals surface area contributed by atoms with Crippen LogP contribution in [0.5, 0.6) is 0 Å².